The Morgan fingerprint density at radius 2 is 1.66 bits per heavy atom. The molecule has 1 aromatic heterocycles. The number of cyclic esters (lactones) is 2. The van der Waals surface area contributed by atoms with Crippen LogP contribution in [0.3, 0.4) is 0 Å². The molecule has 4 atom stereocenters. The minimum atomic E-state index is -1.16. The quantitative estimate of drug-likeness (QED) is 0.147. The smallest absolute Gasteiger partial charge is 0.313 e. The molecule has 11 nitrogen and oxygen atoms in total. The monoisotopic (exact) mass is 611 g/mol. The number of esters is 4. The second-order valence-electron chi connectivity index (χ2n) is 11.3. The number of pyridine rings is 1. The highest BCUT2D eigenvalue weighted by Gasteiger charge is 2.42. The molecule has 0 aliphatic carbocycles. The Hall–Kier alpha value is -4.28. The Morgan fingerprint density at radius 3 is 2.30 bits per heavy atom. The maximum absolute atomic E-state index is 13.5. The van der Waals surface area contributed by atoms with E-state index in [9.17, 15) is 24.0 Å². The van der Waals surface area contributed by atoms with Gasteiger partial charge in [0.15, 0.2) is 17.6 Å². The van der Waals surface area contributed by atoms with E-state index in [1.807, 2.05) is 37.3 Å². The molecule has 1 fully saturated rings. The SMILES string of the molecule is CCc1ccnc(C(=O)CC2COC(=O)[C@H](Cc3ccccc3)[C@@H](OC(=O)C(C)C)[C@H](C)OC2=O)c1OCOC(=O)C(C)C. The second-order valence-corrected chi connectivity index (χ2v) is 11.3. The normalized spacial score (nSPS) is 20.5. The predicted octanol–water partition coefficient (Wildman–Crippen LogP) is 4.28. The lowest BCUT2D eigenvalue weighted by Gasteiger charge is -2.29. The second kappa shape index (κ2) is 16.0. The first-order chi connectivity index (χ1) is 20.9. The van der Waals surface area contributed by atoms with Gasteiger partial charge in [0, 0.05) is 12.6 Å². The third-order valence-corrected chi connectivity index (χ3v) is 7.18. The van der Waals surface area contributed by atoms with Crippen molar-refractivity contribution in [3.05, 3.63) is 59.4 Å². The molecule has 1 aliphatic heterocycles. The van der Waals surface area contributed by atoms with Crippen molar-refractivity contribution >= 4 is 29.7 Å². The first-order valence-corrected chi connectivity index (χ1v) is 14.8. The minimum Gasteiger partial charge on any atom is -0.464 e. The van der Waals surface area contributed by atoms with Crippen LogP contribution in [0.15, 0.2) is 42.6 Å². The number of aromatic nitrogens is 1. The van der Waals surface area contributed by atoms with E-state index >= 15 is 0 Å². The van der Waals surface area contributed by atoms with Gasteiger partial charge in [-0.25, -0.2) is 4.98 Å². The third-order valence-electron chi connectivity index (χ3n) is 7.18. The van der Waals surface area contributed by atoms with E-state index in [1.54, 1.807) is 40.7 Å². The van der Waals surface area contributed by atoms with Crippen molar-refractivity contribution in [3.63, 3.8) is 0 Å². The molecular formula is C33H41NO10. The van der Waals surface area contributed by atoms with Gasteiger partial charge >= 0.3 is 23.9 Å². The summed E-state index contributed by atoms with van der Waals surface area (Å²) < 4.78 is 27.8. The topological polar surface area (TPSA) is 144 Å². The molecule has 0 N–H and O–H groups in total. The Labute approximate surface area is 257 Å². The van der Waals surface area contributed by atoms with Gasteiger partial charge in [-0.2, -0.15) is 0 Å². The Morgan fingerprint density at radius 1 is 0.977 bits per heavy atom. The highest BCUT2D eigenvalue weighted by atomic mass is 16.7. The molecule has 1 saturated heterocycles. The Kier molecular flexibility index (Phi) is 12.4. The van der Waals surface area contributed by atoms with E-state index in [2.05, 4.69) is 4.98 Å². The molecule has 0 bridgehead atoms. The molecule has 3 rings (SSSR count). The molecule has 2 heterocycles. The molecule has 1 unspecified atom stereocenters. The molecule has 0 amide bonds. The van der Waals surface area contributed by atoms with Crippen LogP contribution in [-0.2, 0) is 51.0 Å². The van der Waals surface area contributed by atoms with Crippen molar-refractivity contribution in [3.8, 4) is 5.75 Å². The number of aryl methyl sites for hydroxylation is 1. The number of rotatable bonds is 12. The van der Waals surface area contributed by atoms with Gasteiger partial charge < -0.3 is 23.7 Å². The zero-order chi connectivity index (χ0) is 32.4. The largest absolute Gasteiger partial charge is 0.464 e. The van der Waals surface area contributed by atoms with Crippen LogP contribution in [-0.4, -0.2) is 60.3 Å². The molecule has 0 spiro atoms. The lowest BCUT2D eigenvalue weighted by Crippen LogP contribution is -2.43. The van der Waals surface area contributed by atoms with E-state index in [1.165, 1.54) is 6.20 Å². The van der Waals surface area contributed by atoms with Crippen molar-refractivity contribution in [2.75, 3.05) is 13.4 Å². The van der Waals surface area contributed by atoms with Gasteiger partial charge in [0.1, 0.15) is 24.3 Å². The number of hydrogen-bond acceptors (Lipinski definition) is 11. The highest BCUT2D eigenvalue weighted by molar-refractivity contribution is 5.99. The van der Waals surface area contributed by atoms with Crippen LogP contribution in [0, 0.1) is 23.7 Å². The summed E-state index contributed by atoms with van der Waals surface area (Å²) in [7, 11) is 0. The van der Waals surface area contributed by atoms with E-state index in [4.69, 9.17) is 23.7 Å². The number of benzene rings is 1. The Bertz CT molecular complexity index is 1320. The maximum atomic E-state index is 13.5. The van der Waals surface area contributed by atoms with Gasteiger partial charge in [-0.05, 0) is 37.0 Å². The number of Topliss-reactive ketones (excluding diaryl/α,β-unsaturated/α-hetero) is 1. The molecule has 0 saturated carbocycles. The summed E-state index contributed by atoms with van der Waals surface area (Å²) in [4.78, 5) is 69.0. The van der Waals surface area contributed by atoms with Crippen molar-refractivity contribution in [1.82, 2.24) is 4.98 Å². The molecule has 2 aromatic rings. The number of ether oxygens (including phenoxy) is 5. The zero-order valence-corrected chi connectivity index (χ0v) is 26.1. The maximum Gasteiger partial charge on any atom is 0.313 e. The third kappa shape index (κ3) is 9.11. The van der Waals surface area contributed by atoms with E-state index in [0.717, 1.165) is 5.56 Å². The van der Waals surface area contributed by atoms with Gasteiger partial charge in [-0.1, -0.05) is 65.0 Å². The number of hydrogen-bond donors (Lipinski definition) is 0. The van der Waals surface area contributed by atoms with Crippen LogP contribution in [0.25, 0.3) is 0 Å². The standard InChI is InChI=1S/C33H41NO10/c1-7-23-13-14-34-27(29(23)41-18-42-30(36)19(2)3)26(35)16-24-17-40-33(39)25(15-22-11-9-8-10-12-22)28(21(6)43-32(24)38)44-31(37)20(4)5/h8-14,19-21,24-25,28H,7,15-18H2,1-6H3/t21-,24?,25+,28-/m0/s1. The molecule has 0 radical (unpaired) electrons. The van der Waals surface area contributed by atoms with Gasteiger partial charge in [-0.3, -0.25) is 24.0 Å². The highest BCUT2D eigenvalue weighted by Crippen LogP contribution is 2.29. The molecular weight excluding hydrogens is 570 g/mol. The number of carbonyl (C=O) groups excluding carboxylic acids is 5. The number of nitrogens with zero attached hydrogens (tertiary/aromatic N) is 1. The van der Waals surface area contributed by atoms with E-state index < -0.39 is 79.4 Å². The van der Waals surface area contributed by atoms with E-state index in [-0.39, 0.29) is 23.8 Å². The van der Waals surface area contributed by atoms with Crippen LogP contribution in [0.5, 0.6) is 5.75 Å². The fourth-order valence-electron chi connectivity index (χ4n) is 4.58. The summed E-state index contributed by atoms with van der Waals surface area (Å²) >= 11 is 0. The van der Waals surface area contributed by atoms with Crippen molar-refractivity contribution in [2.45, 2.75) is 73.0 Å². The van der Waals surface area contributed by atoms with Crippen molar-refractivity contribution in [1.29, 1.82) is 0 Å². The van der Waals surface area contributed by atoms with Crippen LogP contribution in [0.2, 0.25) is 0 Å². The summed E-state index contributed by atoms with van der Waals surface area (Å²) in [6.07, 6.45) is -0.413. The minimum absolute atomic E-state index is 0.0531. The molecule has 44 heavy (non-hydrogen) atoms. The van der Waals surface area contributed by atoms with Crippen molar-refractivity contribution in [2.24, 2.45) is 23.7 Å². The number of carbonyl (C=O) groups is 5. The first-order valence-electron chi connectivity index (χ1n) is 14.8. The fourth-order valence-corrected chi connectivity index (χ4v) is 4.58. The van der Waals surface area contributed by atoms with Crippen LogP contribution in [0.4, 0.5) is 0 Å². The summed E-state index contributed by atoms with van der Waals surface area (Å²) in [6, 6.07) is 10.8. The predicted molar refractivity (Wildman–Crippen MR) is 157 cm³/mol. The summed E-state index contributed by atoms with van der Waals surface area (Å²) in [6.45, 7) is 9.25. The lowest BCUT2D eigenvalue weighted by atomic mass is 9.91. The van der Waals surface area contributed by atoms with Gasteiger partial charge in [0.25, 0.3) is 0 Å². The van der Waals surface area contributed by atoms with Gasteiger partial charge in [-0.15, -0.1) is 0 Å². The Balaban J connectivity index is 1.85. The van der Waals surface area contributed by atoms with Gasteiger partial charge in [0.05, 0.1) is 17.8 Å². The first kappa shape index (κ1) is 34.2. The summed E-state index contributed by atoms with van der Waals surface area (Å²) in [5, 5.41) is 0. The molecule has 11 heteroatoms. The summed E-state index contributed by atoms with van der Waals surface area (Å²) in [5.41, 5.74) is 1.40. The molecule has 238 valence electrons. The summed E-state index contributed by atoms with van der Waals surface area (Å²) in [5.74, 6) is -5.88. The average Bonchev–Trinajstić information content (AvgIpc) is 3.03. The van der Waals surface area contributed by atoms with Crippen LogP contribution >= 0.6 is 0 Å². The number of ketones is 1. The van der Waals surface area contributed by atoms with Crippen LogP contribution in [0.1, 0.15) is 69.6 Å². The molecule has 1 aliphatic rings. The van der Waals surface area contributed by atoms with E-state index in [0.29, 0.717) is 12.0 Å². The van der Waals surface area contributed by atoms with Crippen LogP contribution < -0.4 is 4.74 Å². The average molecular weight is 612 g/mol. The molecule has 1 aromatic carbocycles. The fraction of sp³-hybridized carbons (Fsp3) is 0.515. The van der Waals surface area contributed by atoms with Gasteiger partial charge in [0.2, 0.25) is 6.79 Å². The zero-order valence-electron chi connectivity index (χ0n) is 26.1. The van der Waals surface area contributed by atoms with Crippen molar-refractivity contribution < 1.29 is 47.7 Å². The lowest BCUT2D eigenvalue weighted by molar-refractivity contribution is -0.177.